The Bertz CT molecular complexity index is 523. The zero-order chi connectivity index (χ0) is 13.0. The average Bonchev–Trinajstić information content (AvgIpc) is 2.37. The van der Waals surface area contributed by atoms with Gasteiger partial charge in [0, 0.05) is 11.4 Å². The van der Waals surface area contributed by atoms with E-state index in [2.05, 4.69) is 0 Å². The monoisotopic (exact) mass is 263 g/mol. The first-order valence-corrected chi connectivity index (χ1v) is 6.28. The van der Waals surface area contributed by atoms with Crippen LogP contribution in [-0.4, -0.2) is 6.54 Å². The van der Waals surface area contributed by atoms with Crippen LogP contribution in [0.3, 0.4) is 0 Å². The molecule has 2 N–H and O–H groups in total. The smallest absolute Gasteiger partial charge is 0.126 e. The van der Waals surface area contributed by atoms with E-state index in [-0.39, 0.29) is 5.82 Å². The fourth-order valence-electron chi connectivity index (χ4n) is 1.89. The number of benzene rings is 2. The first-order chi connectivity index (χ1) is 8.69. The topological polar surface area (TPSA) is 26.0 Å². The van der Waals surface area contributed by atoms with Crippen molar-refractivity contribution in [3.05, 3.63) is 70.0 Å². The Morgan fingerprint density at radius 2 is 1.67 bits per heavy atom. The van der Waals surface area contributed by atoms with Gasteiger partial charge in [-0.05, 0) is 47.9 Å². The van der Waals surface area contributed by atoms with Crippen molar-refractivity contribution in [1.29, 1.82) is 0 Å². The summed E-state index contributed by atoms with van der Waals surface area (Å²) in [5.41, 5.74) is 8.38. The number of halogens is 2. The molecule has 0 aliphatic rings. The molecular weight excluding hydrogens is 249 g/mol. The van der Waals surface area contributed by atoms with E-state index in [9.17, 15) is 4.39 Å². The van der Waals surface area contributed by atoms with Gasteiger partial charge < -0.3 is 5.73 Å². The van der Waals surface area contributed by atoms with Crippen molar-refractivity contribution in [3.8, 4) is 0 Å². The fourth-order valence-corrected chi connectivity index (χ4v) is 2.08. The van der Waals surface area contributed by atoms with Crippen molar-refractivity contribution >= 4 is 11.6 Å². The molecule has 0 amide bonds. The van der Waals surface area contributed by atoms with E-state index in [1.54, 1.807) is 12.1 Å². The van der Waals surface area contributed by atoms with Gasteiger partial charge in [0.2, 0.25) is 0 Å². The number of hydrogen-bond donors (Lipinski definition) is 1. The first kappa shape index (κ1) is 13.1. The van der Waals surface area contributed by atoms with E-state index in [1.807, 2.05) is 24.3 Å². The van der Waals surface area contributed by atoms with Crippen LogP contribution >= 0.6 is 11.6 Å². The second-order valence-electron chi connectivity index (χ2n) is 4.27. The van der Waals surface area contributed by atoms with Crippen LogP contribution in [0.15, 0.2) is 42.5 Å². The number of nitrogens with two attached hydrogens (primary N) is 1. The summed E-state index contributed by atoms with van der Waals surface area (Å²) in [5.74, 6) is -0.217. The van der Waals surface area contributed by atoms with E-state index in [0.29, 0.717) is 23.6 Å². The maximum Gasteiger partial charge on any atom is 0.126 e. The molecule has 2 aromatic carbocycles. The lowest BCUT2D eigenvalue weighted by atomic mass is 10.0. The normalized spacial score (nSPS) is 10.6. The maximum absolute atomic E-state index is 13.6. The van der Waals surface area contributed by atoms with Gasteiger partial charge in [-0.15, -0.1) is 0 Å². The zero-order valence-corrected chi connectivity index (χ0v) is 10.8. The van der Waals surface area contributed by atoms with E-state index in [4.69, 9.17) is 17.3 Å². The Morgan fingerprint density at radius 1 is 1.00 bits per heavy atom. The Hall–Kier alpha value is -1.38. The average molecular weight is 264 g/mol. The SMILES string of the molecule is NCCc1ccc(Cc2cc(Cl)ccc2F)cc1. The number of rotatable bonds is 4. The van der Waals surface area contributed by atoms with Gasteiger partial charge in [-0.2, -0.15) is 0 Å². The molecule has 0 atom stereocenters. The highest BCUT2D eigenvalue weighted by molar-refractivity contribution is 6.30. The van der Waals surface area contributed by atoms with E-state index < -0.39 is 0 Å². The number of hydrogen-bond acceptors (Lipinski definition) is 1. The largest absolute Gasteiger partial charge is 0.330 e. The minimum Gasteiger partial charge on any atom is -0.330 e. The third-order valence-electron chi connectivity index (χ3n) is 2.86. The Morgan fingerprint density at radius 3 is 2.33 bits per heavy atom. The summed E-state index contributed by atoms with van der Waals surface area (Å²) in [5, 5.41) is 0.561. The van der Waals surface area contributed by atoms with Gasteiger partial charge in [-0.25, -0.2) is 4.39 Å². The summed E-state index contributed by atoms with van der Waals surface area (Å²) < 4.78 is 13.6. The van der Waals surface area contributed by atoms with Gasteiger partial charge >= 0.3 is 0 Å². The molecule has 2 aromatic rings. The van der Waals surface area contributed by atoms with Crippen LogP contribution in [0.1, 0.15) is 16.7 Å². The highest BCUT2D eigenvalue weighted by Gasteiger charge is 2.04. The molecule has 18 heavy (non-hydrogen) atoms. The van der Waals surface area contributed by atoms with Crippen LogP contribution < -0.4 is 5.73 Å². The Kier molecular flexibility index (Phi) is 4.34. The highest BCUT2D eigenvalue weighted by atomic mass is 35.5. The summed E-state index contributed by atoms with van der Waals surface area (Å²) >= 11 is 5.87. The van der Waals surface area contributed by atoms with Crippen molar-refractivity contribution in [2.75, 3.05) is 6.54 Å². The molecule has 0 radical (unpaired) electrons. The van der Waals surface area contributed by atoms with Crippen LogP contribution in [-0.2, 0) is 12.8 Å². The zero-order valence-electron chi connectivity index (χ0n) is 10.00. The molecule has 0 spiro atoms. The predicted molar refractivity (Wildman–Crippen MR) is 73.4 cm³/mol. The van der Waals surface area contributed by atoms with Crippen LogP contribution in [0.25, 0.3) is 0 Å². The molecule has 0 aliphatic heterocycles. The second kappa shape index (κ2) is 5.98. The summed E-state index contributed by atoms with van der Waals surface area (Å²) in [7, 11) is 0. The van der Waals surface area contributed by atoms with Crippen LogP contribution in [0.4, 0.5) is 4.39 Å². The van der Waals surface area contributed by atoms with Gasteiger partial charge in [0.1, 0.15) is 5.82 Å². The molecule has 0 bridgehead atoms. The molecule has 0 fully saturated rings. The molecule has 0 unspecified atom stereocenters. The summed E-state index contributed by atoms with van der Waals surface area (Å²) in [6, 6.07) is 12.7. The fraction of sp³-hybridized carbons (Fsp3) is 0.200. The predicted octanol–water partition coefficient (Wildman–Crippen LogP) is 3.57. The van der Waals surface area contributed by atoms with Crippen molar-refractivity contribution in [1.82, 2.24) is 0 Å². The Balaban J connectivity index is 2.15. The highest BCUT2D eigenvalue weighted by Crippen LogP contribution is 2.18. The maximum atomic E-state index is 13.6. The molecule has 0 aliphatic carbocycles. The van der Waals surface area contributed by atoms with E-state index in [0.717, 1.165) is 12.0 Å². The third-order valence-corrected chi connectivity index (χ3v) is 3.09. The molecule has 2 rings (SSSR count). The van der Waals surface area contributed by atoms with Crippen molar-refractivity contribution < 1.29 is 4.39 Å². The molecule has 0 heterocycles. The van der Waals surface area contributed by atoms with E-state index >= 15 is 0 Å². The third kappa shape index (κ3) is 3.31. The van der Waals surface area contributed by atoms with Crippen molar-refractivity contribution in [2.45, 2.75) is 12.8 Å². The molecule has 0 saturated heterocycles. The standard InChI is InChI=1S/C15H15ClFN/c16-14-5-6-15(17)13(10-14)9-12-3-1-11(2-4-12)7-8-18/h1-6,10H,7-9,18H2. The lowest BCUT2D eigenvalue weighted by molar-refractivity contribution is 0.614. The van der Waals surface area contributed by atoms with Gasteiger partial charge in [0.05, 0.1) is 0 Å². The Labute approximate surface area is 111 Å². The van der Waals surface area contributed by atoms with Crippen molar-refractivity contribution in [3.63, 3.8) is 0 Å². The molecular formula is C15H15ClFN. The molecule has 3 heteroatoms. The van der Waals surface area contributed by atoms with Crippen LogP contribution in [0.5, 0.6) is 0 Å². The lowest BCUT2D eigenvalue weighted by Gasteiger charge is -2.05. The summed E-state index contributed by atoms with van der Waals surface area (Å²) in [4.78, 5) is 0. The van der Waals surface area contributed by atoms with E-state index in [1.165, 1.54) is 11.6 Å². The van der Waals surface area contributed by atoms with Crippen molar-refractivity contribution in [2.24, 2.45) is 5.73 Å². The molecule has 0 aromatic heterocycles. The quantitative estimate of drug-likeness (QED) is 0.897. The van der Waals surface area contributed by atoms with Gasteiger partial charge in [0.15, 0.2) is 0 Å². The van der Waals surface area contributed by atoms with Gasteiger partial charge in [-0.1, -0.05) is 35.9 Å². The molecule has 0 saturated carbocycles. The van der Waals surface area contributed by atoms with Crippen LogP contribution in [0.2, 0.25) is 5.02 Å². The first-order valence-electron chi connectivity index (χ1n) is 5.91. The summed E-state index contributed by atoms with van der Waals surface area (Å²) in [6.07, 6.45) is 1.42. The molecule has 1 nitrogen and oxygen atoms in total. The molecule has 94 valence electrons. The minimum absolute atomic E-state index is 0.217. The summed E-state index contributed by atoms with van der Waals surface area (Å²) in [6.45, 7) is 0.641. The minimum atomic E-state index is -0.217. The van der Waals surface area contributed by atoms with Gasteiger partial charge in [-0.3, -0.25) is 0 Å². The van der Waals surface area contributed by atoms with Gasteiger partial charge in [0.25, 0.3) is 0 Å². The second-order valence-corrected chi connectivity index (χ2v) is 4.70. The lowest BCUT2D eigenvalue weighted by Crippen LogP contribution is -2.02. The van der Waals surface area contributed by atoms with Crippen LogP contribution in [0, 0.1) is 5.82 Å².